The van der Waals surface area contributed by atoms with E-state index < -0.39 is 24.1 Å². The summed E-state index contributed by atoms with van der Waals surface area (Å²) < 4.78 is 9.62. The number of urea groups is 1. The van der Waals surface area contributed by atoms with Gasteiger partial charge in [-0.2, -0.15) is 0 Å². The summed E-state index contributed by atoms with van der Waals surface area (Å²) in [5.41, 5.74) is 0.659. The topological polar surface area (TPSA) is 93.7 Å². The molecule has 0 unspecified atom stereocenters. The third kappa shape index (κ3) is 4.79. The maximum absolute atomic E-state index is 11.5. The van der Waals surface area contributed by atoms with Gasteiger partial charge in [0.2, 0.25) is 6.10 Å². The van der Waals surface area contributed by atoms with Crippen LogP contribution in [0.25, 0.3) is 0 Å². The van der Waals surface area contributed by atoms with Gasteiger partial charge in [0, 0.05) is 18.7 Å². The lowest BCUT2D eigenvalue weighted by Gasteiger charge is -2.09. The van der Waals surface area contributed by atoms with Gasteiger partial charge in [-0.05, 0) is 12.1 Å². The highest BCUT2D eigenvalue weighted by Gasteiger charge is 2.29. The Labute approximate surface area is 121 Å². The molecule has 1 aromatic rings. The van der Waals surface area contributed by atoms with Crippen molar-refractivity contribution in [3.8, 4) is 0 Å². The Morgan fingerprint density at radius 2 is 2.05 bits per heavy atom. The number of amides is 2. The predicted octanol–water partition coefficient (Wildman–Crippen LogP) is 1.06. The Morgan fingerprint density at radius 3 is 2.71 bits per heavy atom. The number of hydrogen-bond acceptors (Lipinski definition) is 5. The Hall–Kier alpha value is -2.57. The number of anilines is 1. The smallest absolute Gasteiger partial charge is 0.347 e. The van der Waals surface area contributed by atoms with Crippen LogP contribution in [0.5, 0.6) is 0 Å². The van der Waals surface area contributed by atoms with Gasteiger partial charge in [0.25, 0.3) is 0 Å². The number of carbonyl (C=O) groups excluding carboxylic acids is 3. The van der Waals surface area contributed by atoms with Crippen LogP contribution in [0.3, 0.4) is 0 Å². The summed E-state index contributed by atoms with van der Waals surface area (Å²) in [7, 11) is 0. The molecule has 1 aliphatic heterocycles. The molecule has 0 aromatic heterocycles. The Kier molecular flexibility index (Phi) is 5.14. The monoisotopic (exact) mass is 292 g/mol. The number of carbonyl (C=O) groups is 3. The largest absolute Gasteiger partial charge is 0.463 e. The lowest BCUT2D eigenvalue weighted by atomic mass is 10.3. The summed E-state index contributed by atoms with van der Waals surface area (Å²) in [5.74, 6) is -1.06. The minimum atomic E-state index is -0.810. The molecule has 2 N–H and O–H groups in total. The summed E-state index contributed by atoms with van der Waals surface area (Å²) in [5, 5.41) is 5.15. The molecule has 0 bridgehead atoms. The summed E-state index contributed by atoms with van der Waals surface area (Å²) in [4.78, 5) is 34.1. The molecule has 21 heavy (non-hydrogen) atoms. The summed E-state index contributed by atoms with van der Waals surface area (Å²) in [6.07, 6.45) is -0.436. The Bertz CT molecular complexity index is 517. The van der Waals surface area contributed by atoms with E-state index in [1.165, 1.54) is 0 Å². The van der Waals surface area contributed by atoms with E-state index in [9.17, 15) is 14.4 Å². The van der Waals surface area contributed by atoms with Gasteiger partial charge < -0.3 is 20.1 Å². The van der Waals surface area contributed by atoms with Crippen LogP contribution in [0.1, 0.15) is 12.8 Å². The van der Waals surface area contributed by atoms with Crippen molar-refractivity contribution in [2.75, 3.05) is 18.5 Å². The zero-order valence-electron chi connectivity index (χ0n) is 11.3. The highest BCUT2D eigenvalue weighted by Crippen LogP contribution is 2.10. The van der Waals surface area contributed by atoms with Crippen LogP contribution in [0.2, 0.25) is 0 Å². The van der Waals surface area contributed by atoms with E-state index >= 15 is 0 Å². The second kappa shape index (κ2) is 7.28. The third-order valence-corrected chi connectivity index (χ3v) is 2.81. The van der Waals surface area contributed by atoms with E-state index in [1.54, 1.807) is 24.3 Å². The third-order valence-electron chi connectivity index (χ3n) is 2.81. The standard InChI is InChI=1S/C14H16N2O5/c17-12(21-11-7-9-20-13(11)18)6-8-15-14(19)16-10-4-2-1-3-5-10/h1-5,11H,6-9H2,(H2,15,16,19)/t11-/m1/s1. The van der Waals surface area contributed by atoms with E-state index in [1.807, 2.05) is 6.07 Å². The van der Waals surface area contributed by atoms with Crippen molar-refractivity contribution in [1.82, 2.24) is 5.32 Å². The van der Waals surface area contributed by atoms with Crippen LogP contribution in [0.15, 0.2) is 30.3 Å². The van der Waals surface area contributed by atoms with Gasteiger partial charge in [0.15, 0.2) is 0 Å². The molecule has 1 fully saturated rings. The number of esters is 2. The fourth-order valence-electron chi connectivity index (χ4n) is 1.78. The fourth-order valence-corrected chi connectivity index (χ4v) is 1.78. The van der Waals surface area contributed by atoms with Gasteiger partial charge in [-0.25, -0.2) is 9.59 Å². The molecule has 1 saturated heterocycles. The maximum Gasteiger partial charge on any atom is 0.347 e. The van der Waals surface area contributed by atoms with Crippen molar-refractivity contribution in [3.05, 3.63) is 30.3 Å². The molecule has 1 aromatic carbocycles. The van der Waals surface area contributed by atoms with Crippen molar-refractivity contribution in [2.45, 2.75) is 18.9 Å². The number of cyclic esters (lactones) is 1. The SMILES string of the molecule is O=C(NCCC(=O)O[C@@H]1CCOC1=O)Nc1ccccc1. The molecular formula is C14H16N2O5. The first kappa shape index (κ1) is 14.8. The summed E-state index contributed by atoms with van der Waals surface area (Å²) >= 11 is 0. The number of para-hydroxylation sites is 1. The fraction of sp³-hybridized carbons (Fsp3) is 0.357. The second-order valence-electron chi connectivity index (χ2n) is 4.43. The van der Waals surface area contributed by atoms with Crippen molar-refractivity contribution >= 4 is 23.7 Å². The minimum absolute atomic E-state index is 0.00795. The molecule has 0 aliphatic carbocycles. The van der Waals surface area contributed by atoms with E-state index in [4.69, 9.17) is 4.74 Å². The van der Waals surface area contributed by atoms with Gasteiger partial charge in [0.1, 0.15) is 0 Å². The molecule has 2 rings (SSSR count). The van der Waals surface area contributed by atoms with E-state index in [2.05, 4.69) is 15.4 Å². The van der Waals surface area contributed by atoms with Gasteiger partial charge in [0.05, 0.1) is 13.0 Å². The number of rotatable bonds is 5. The molecular weight excluding hydrogens is 276 g/mol. The first-order chi connectivity index (χ1) is 10.1. The van der Waals surface area contributed by atoms with Crippen molar-refractivity contribution in [1.29, 1.82) is 0 Å². The van der Waals surface area contributed by atoms with Gasteiger partial charge in [-0.3, -0.25) is 4.79 Å². The van der Waals surface area contributed by atoms with Crippen molar-refractivity contribution < 1.29 is 23.9 Å². The van der Waals surface area contributed by atoms with E-state index in [0.717, 1.165) is 0 Å². The van der Waals surface area contributed by atoms with E-state index in [0.29, 0.717) is 12.1 Å². The second-order valence-corrected chi connectivity index (χ2v) is 4.43. The minimum Gasteiger partial charge on any atom is -0.463 e. The molecule has 1 aliphatic rings. The number of nitrogens with one attached hydrogen (secondary N) is 2. The number of ether oxygens (including phenoxy) is 2. The maximum atomic E-state index is 11.5. The van der Waals surface area contributed by atoms with Gasteiger partial charge >= 0.3 is 18.0 Å². The average molecular weight is 292 g/mol. The first-order valence-electron chi connectivity index (χ1n) is 6.61. The summed E-state index contributed by atoms with van der Waals surface area (Å²) in [6.45, 7) is 0.397. The molecule has 1 atom stereocenters. The molecule has 0 saturated carbocycles. The average Bonchev–Trinajstić information content (AvgIpc) is 2.85. The highest BCUT2D eigenvalue weighted by atomic mass is 16.6. The zero-order chi connectivity index (χ0) is 15.1. The zero-order valence-corrected chi connectivity index (χ0v) is 11.3. The quantitative estimate of drug-likeness (QED) is 0.791. The molecule has 0 spiro atoms. The predicted molar refractivity (Wildman–Crippen MR) is 73.5 cm³/mol. The van der Waals surface area contributed by atoms with Crippen LogP contribution in [0.4, 0.5) is 10.5 Å². The molecule has 2 amide bonds. The first-order valence-corrected chi connectivity index (χ1v) is 6.61. The molecule has 0 radical (unpaired) electrons. The molecule has 7 nitrogen and oxygen atoms in total. The Morgan fingerprint density at radius 1 is 1.29 bits per heavy atom. The lowest BCUT2D eigenvalue weighted by molar-refractivity contribution is -0.160. The number of benzene rings is 1. The van der Waals surface area contributed by atoms with E-state index in [-0.39, 0.29) is 19.6 Å². The van der Waals surface area contributed by atoms with Crippen LogP contribution in [0, 0.1) is 0 Å². The number of hydrogen-bond donors (Lipinski definition) is 2. The molecule has 7 heteroatoms. The Balaban J connectivity index is 1.63. The highest BCUT2D eigenvalue weighted by molar-refractivity contribution is 5.89. The van der Waals surface area contributed by atoms with Crippen LogP contribution in [-0.2, 0) is 19.1 Å². The van der Waals surface area contributed by atoms with Crippen LogP contribution < -0.4 is 10.6 Å². The lowest BCUT2D eigenvalue weighted by Crippen LogP contribution is -2.32. The van der Waals surface area contributed by atoms with Crippen LogP contribution >= 0.6 is 0 Å². The van der Waals surface area contributed by atoms with Crippen molar-refractivity contribution in [3.63, 3.8) is 0 Å². The van der Waals surface area contributed by atoms with Crippen molar-refractivity contribution in [2.24, 2.45) is 0 Å². The molecule has 112 valence electrons. The molecule has 1 heterocycles. The summed E-state index contributed by atoms with van der Waals surface area (Å²) in [6, 6.07) is 8.53. The van der Waals surface area contributed by atoms with Crippen LogP contribution in [-0.4, -0.2) is 37.2 Å². The van der Waals surface area contributed by atoms with Gasteiger partial charge in [-0.1, -0.05) is 18.2 Å². The van der Waals surface area contributed by atoms with Gasteiger partial charge in [-0.15, -0.1) is 0 Å². The normalized spacial score (nSPS) is 17.0.